The van der Waals surface area contributed by atoms with Crippen LogP contribution in [0.25, 0.3) is 0 Å². The molecular formula is C11H14N2O4. The highest BCUT2D eigenvalue weighted by molar-refractivity contribution is 5.05. The predicted molar refractivity (Wildman–Crippen MR) is 58.9 cm³/mol. The molecule has 0 aliphatic carbocycles. The van der Waals surface area contributed by atoms with Gasteiger partial charge >= 0.3 is 5.69 Å². The lowest BCUT2D eigenvalue weighted by Crippen LogP contribution is -2.47. The first-order valence-corrected chi connectivity index (χ1v) is 5.68. The van der Waals surface area contributed by atoms with Gasteiger partial charge in [0.05, 0.1) is 19.8 Å². The first-order chi connectivity index (χ1) is 8.13. The van der Waals surface area contributed by atoms with Crippen molar-refractivity contribution >= 4 is 0 Å². The Labute approximate surface area is 97.2 Å². The first-order valence-electron chi connectivity index (χ1n) is 5.68. The summed E-state index contributed by atoms with van der Waals surface area (Å²) in [5.74, 6) is 0.186. The van der Waals surface area contributed by atoms with Gasteiger partial charge in [-0.3, -0.25) is 14.3 Å². The minimum Gasteiger partial charge on any atom is -0.376 e. The summed E-state index contributed by atoms with van der Waals surface area (Å²) in [4.78, 5) is 25.6. The molecule has 3 rings (SSSR count). The van der Waals surface area contributed by atoms with E-state index in [1.54, 1.807) is 13.1 Å². The number of hydrogen-bond acceptors (Lipinski definition) is 4. The molecule has 1 N–H and O–H groups in total. The minimum atomic E-state index is -0.716. The average molecular weight is 238 g/mol. The molecule has 6 nitrogen and oxygen atoms in total. The molecule has 2 atom stereocenters. The van der Waals surface area contributed by atoms with E-state index in [4.69, 9.17) is 9.47 Å². The molecule has 0 bridgehead atoms. The summed E-state index contributed by atoms with van der Waals surface area (Å²) in [6.07, 6.45) is 2.44. The van der Waals surface area contributed by atoms with Crippen molar-refractivity contribution in [3.8, 4) is 0 Å². The van der Waals surface area contributed by atoms with Gasteiger partial charge in [-0.1, -0.05) is 0 Å². The van der Waals surface area contributed by atoms with Crippen LogP contribution in [0.3, 0.4) is 0 Å². The SMILES string of the molecule is Cc1cn(C23COCC2CCO3)c(=O)[nH]c1=O. The molecule has 2 fully saturated rings. The third-order valence-electron chi connectivity index (χ3n) is 3.61. The van der Waals surface area contributed by atoms with E-state index in [1.165, 1.54) is 4.57 Å². The molecule has 0 spiro atoms. The lowest BCUT2D eigenvalue weighted by atomic mass is 9.99. The molecule has 3 heterocycles. The van der Waals surface area contributed by atoms with E-state index in [9.17, 15) is 9.59 Å². The van der Waals surface area contributed by atoms with Gasteiger partial charge in [0.25, 0.3) is 5.56 Å². The number of aryl methyl sites for hydroxylation is 1. The molecule has 2 saturated heterocycles. The number of aromatic amines is 1. The zero-order chi connectivity index (χ0) is 12.0. The Balaban J connectivity index is 2.19. The molecule has 0 aromatic carbocycles. The van der Waals surface area contributed by atoms with Crippen molar-refractivity contribution in [3.05, 3.63) is 32.6 Å². The second-order valence-corrected chi connectivity index (χ2v) is 4.64. The van der Waals surface area contributed by atoms with Gasteiger partial charge in [-0.05, 0) is 13.3 Å². The van der Waals surface area contributed by atoms with Crippen molar-refractivity contribution in [2.45, 2.75) is 19.1 Å². The first kappa shape index (κ1) is 10.7. The number of ether oxygens (including phenoxy) is 2. The van der Waals surface area contributed by atoms with Crippen LogP contribution < -0.4 is 11.2 Å². The van der Waals surface area contributed by atoms with Gasteiger partial charge in [0.2, 0.25) is 0 Å². The largest absolute Gasteiger partial charge is 0.376 e. The molecule has 0 saturated carbocycles. The Morgan fingerprint density at radius 3 is 3.18 bits per heavy atom. The van der Waals surface area contributed by atoms with Gasteiger partial charge in [-0.15, -0.1) is 0 Å². The van der Waals surface area contributed by atoms with Crippen molar-refractivity contribution in [1.29, 1.82) is 0 Å². The lowest BCUT2D eigenvalue weighted by Gasteiger charge is -2.28. The van der Waals surface area contributed by atoms with Crippen molar-refractivity contribution in [1.82, 2.24) is 9.55 Å². The number of fused-ring (bicyclic) bond motifs is 1. The van der Waals surface area contributed by atoms with Gasteiger partial charge in [0, 0.05) is 17.7 Å². The van der Waals surface area contributed by atoms with Crippen LogP contribution in [0.5, 0.6) is 0 Å². The van der Waals surface area contributed by atoms with E-state index < -0.39 is 11.4 Å². The smallest absolute Gasteiger partial charge is 0.330 e. The van der Waals surface area contributed by atoms with Gasteiger partial charge in [-0.2, -0.15) is 0 Å². The summed E-state index contributed by atoms with van der Waals surface area (Å²) >= 11 is 0. The second kappa shape index (κ2) is 3.54. The van der Waals surface area contributed by atoms with Crippen LogP contribution in [0.4, 0.5) is 0 Å². The topological polar surface area (TPSA) is 73.3 Å². The molecule has 2 aliphatic heterocycles. The Morgan fingerprint density at radius 2 is 2.35 bits per heavy atom. The van der Waals surface area contributed by atoms with Crippen molar-refractivity contribution in [3.63, 3.8) is 0 Å². The monoisotopic (exact) mass is 238 g/mol. The zero-order valence-corrected chi connectivity index (χ0v) is 9.56. The van der Waals surface area contributed by atoms with Crippen molar-refractivity contribution in [2.75, 3.05) is 19.8 Å². The Kier molecular flexibility index (Phi) is 2.24. The maximum absolute atomic E-state index is 11.9. The van der Waals surface area contributed by atoms with Crippen LogP contribution in [0, 0.1) is 12.8 Å². The summed E-state index contributed by atoms with van der Waals surface area (Å²) < 4.78 is 12.6. The van der Waals surface area contributed by atoms with Crippen LogP contribution >= 0.6 is 0 Å². The van der Waals surface area contributed by atoms with E-state index in [0.29, 0.717) is 25.4 Å². The summed E-state index contributed by atoms with van der Waals surface area (Å²) in [6, 6.07) is 0. The molecule has 1 aromatic heterocycles. The molecule has 2 aliphatic rings. The third kappa shape index (κ3) is 1.41. The molecule has 17 heavy (non-hydrogen) atoms. The zero-order valence-electron chi connectivity index (χ0n) is 9.56. The van der Waals surface area contributed by atoms with E-state index in [0.717, 1.165) is 6.42 Å². The van der Waals surface area contributed by atoms with Crippen LogP contribution in [-0.4, -0.2) is 29.4 Å². The van der Waals surface area contributed by atoms with Gasteiger partial charge < -0.3 is 9.47 Å². The fraction of sp³-hybridized carbons (Fsp3) is 0.636. The summed E-state index contributed by atoms with van der Waals surface area (Å²) in [6.45, 7) is 3.26. The predicted octanol–water partition coefficient (Wildman–Crippen LogP) is -0.435. The summed E-state index contributed by atoms with van der Waals surface area (Å²) in [5.41, 5.74) is -0.999. The quantitative estimate of drug-likeness (QED) is 0.720. The van der Waals surface area contributed by atoms with E-state index in [-0.39, 0.29) is 11.5 Å². The number of hydrogen-bond donors (Lipinski definition) is 1. The average Bonchev–Trinajstić information content (AvgIpc) is 2.82. The fourth-order valence-electron chi connectivity index (χ4n) is 2.63. The molecule has 0 amide bonds. The Hall–Kier alpha value is -1.40. The fourth-order valence-corrected chi connectivity index (χ4v) is 2.63. The van der Waals surface area contributed by atoms with E-state index >= 15 is 0 Å². The highest BCUT2D eigenvalue weighted by Gasteiger charge is 2.51. The molecule has 2 unspecified atom stereocenters. The number of nitrogens with zero attached hydrogens (tertiary/aromatic N) is 1. The van der Waals surface area contributed by atoms with Gasteiger partial charge in [-0.25, -0.2) is 4.79 Å². The number of aromatic nitrogens is 2. The molecular weight excluding hydrogens is 224 g/mol. The molecule has 1 aromatic rings. The standard InChI is InChI=1S/C11H14N2O4/c1-7-4-13(10(15)12-9(7)14)11-6-16-5-8(11)2-3-17-11/h4,8H,2-3,5-6H2,1H3,(H,12,14,15). The van der Waals surface area contributed by atoms with Crippen molar-refractivity contribution in [2.24, 2.45) is 5.92 Å². The number of rotatable bonds is 1. The number of H-pyrrole nitrogens is 1. The van der Waals surface area contributed by atoms with E-state index in [2.05, 4.69) is 4.98 Å². The Morgan fingerprint density at radius 1 is 1.53 bits per heavy atom. The Bertz CT molecular complexity index is 549. The summed E-state index contributed by atoms with van der Waals surface area (Å²) in [7, 11) is 0. The van der Waals surface area contributed by atoms with Gasteiger partial charge in [0.1, 0.15) is 0 Å². The minimum absolute atomic E-state index is 0.186. The summed E-state index contributed by atoms with van der Waals surface area (Å²) in [5, 5.41) is 0. The second-order valence-electron chi connectivity index (χ2n) is 4.64. The molecule has 92 valence electrons. The lowest BCUT2D eigenvalue weighted by molar-refractivity contribution is -0.0870. The van der Waals surface area contributed by atoms with Crippen LogP contribution in [0.1, 0.15) is 12.0 Å². The van der Waals surface area contributed by atoms with E-state index in [1.807, 2.05) is 0 Å². The third-order valence-corrected chi connectivity index (χ3v) is 3.61. The maximum atomic E-state index is 11.9. The van der Waals surface area contributed by atoms with Crippen LogP contribution in [-0.2, 0) is 15.2 Å². The maximum Gasteiger partial charge on any atom is 0.330 e. The number of nitrogens with one attached hydrogen (secondary N) is 1. The van der Waals surface area contributed by atoms with Gasteiger partial charge in [0.15, 0.2) is 5.72 Å². The molecule has 0 radical (unpaired) electrons. The normalized spacial score (nSPS) is 31.7. The van der Waals surface area contributed by atoms with Crippen LogP contribution in [0.15, 0.2) is 15.8 Å². The van der Waals surface area contributed by atoms with Crippen LogP contribution in [0.2, 0.25) is 0 Å². The molecule has 6 heteroatoms. The van der Waals surface area contributed by atoms with Crippen molar-refractivity contribution < 1.29 is 9.47 Å². The highest BCUT2D eigenvalue weighted by Crippen LogP contribution is 2.40. The highest BCUT2D eigenvalue weighted by atomic mass is 16.6.